The van der Waals surface area contributed by atoms with Crippen LogP contribution in [0.4, 0.5) is 0 Å². The zero-order chi connectivity index (χ0) is 15.7. The van der Waals surface area contributed by atoms with Crippen LogP contribution in [0, 0.1) is 29.6 Å². The molecule has 21 heavy (non-hydrogen) atoms. The summed E-state index contributed by atoms with van der Waals surface area (Å²) >= 11 is 0. The maximum absolute atomic E-state index is 12.6. The molecule has 2 fully saturated rings. The van der Waals surface area contributed by atoms with Crippen LogP contribution >= 0.6 is 0 Å². The third kappa shape index (κ3) is 2.38. The Morgan fingerprint density at radius 3 is 1.95 bits per heavy atom. The van der Waals surface area contributed by atoms with Gasteiger partial charge >= 0.3 is 0 Å². The Balaban J connectivity index is 2.47. The van der Waals surface area contributed by atoms with E-state index in [1.807, 2.05) is 0 Å². The van der Waals surface area contributed by atoms with Crippen LogP contribution in [0.15, 0.2) is 37.0 Å². The molecule has 1 heterocycles. The van der Waals surface area contributed by atoms with Gasteiger partial charge in [-0.25, -0.2) is 0 Å². The van der Waals surface area contributed by atoms with E-state index in [1.54, 1.807) is 12.2 Å². The second kappa shape index (κ2) is 5.98. The largest absolute Gasteiger partial charge is 0.329 e. The molecule has 0 aromatic carbocycles. The molecule has 0 spiro atoms. The van der Waals surface area contributed by atoms with Crippen LogP contribution in [0.5, 0.6) is 0 Å². The van der Waals surface area contributed by atoms with Crippen molar-refractivity contribution >= 4 is 11.8 Å². The van der Waals surface area contributed by atoms with Gasteiger partial charge in [0, 0.05) is 24.9 Å². The first-order valence-electron chi connectivity index (χ1n) is 7.49. The molecule has 1 saturated heterocycles. The van der Waals surface area contributed by atoms with Crippen molar-refractivity contribution < 1.29 is 9.59 Å². The van der Waals surface area contributed by atoms with Gasteiger partial charge in [0.05, 0.1) is 11.8 Å². The van der Waals surface area contributed by atoms with Gasteiger partial charge in [0.25, 0.3) is 0 Å². The van der Waals surface area contributed by atoms with E-state index in [1.165, 1.54) is 4.90 Å². The average molecular weight is 288 g/mol. The molecule has 0 aromatic heterocycles. The number of allylic oxidation sites excluding steroid dienone is 4. The fraction of sp³-hybridized carbons (Fsp3) is 0.529. The lowest BCUT2D eigenvalue weighted by Gasteiger charge is -2.21. The molecule has 114 valence electrons. The summed E-state index contributed by atoms with van der Waals surface area (Å²) in [6, 6.07) is 0. The van der Waals surface area contributed by atoms with Gasteiger partial charge in [-0.1, -0.05) is 37.6 Å². The first-order valence-corrected chi connectivity index (χ1v) is 7.49. The standard InChI is InChI=1S/C17H24N2O2/c1-5-11-13(9-10(3)4)12(6-2)15-14(11)16(20)19(8-7-18)17(15)21/h5-6,9-12,14-15H,1-2,7-8,18H2,3-4H3. The Kier molecular flexibility index (Phi) is 4.47. The second-order valence-corrected chi connectivity index (χ2v) is 6.10. The molecule has 4 heteroatoms. The van der Waals surface area contributed by atoms with Crippen molar-refractivity contribution in [3.8, 4) is 0 Å². The van der Waals surface area contributed by atoms with Crippen LogP contribution in [-0.2, 0) is 9.59 Å². The number of nitrogens with zero attached hydrogens (tertiary/aromatic N) is 1. The first-order chi connectivity index (χ1) is 9.97. The molecular weight excluding hydrogens is 264 g/mol. The summed E-state index contributed by atoms with van der Waals surface area (Å²) in [4.78, 5) is 26.5. The van der Waals surface area contributed by atoms with Crippen LogP contribution in [0.3, 0.4) is 0 Å². The summed E-state index contributed by atoms with van der Waals surface area (Å²) in [6.45, 7) is 12.5. The fourth-order valence-corrected chi connectivity index (χ4v) is 3.69. The van der Waals surface area contributed by atoms with Gasteiger partial charge in [-0.3, -0.25) is 14.5 Å². The SMILES string of the molecule is C=CC1C(=CC(C)C)C(C=C)C2C(=O)N(CCN)C(=O)C12. The highest BCUT2D eigenvalue weighted by Gasteiger charge is 2.58. The molecule has 1 saturated carbocycles. The lowest BCUT2D eigenvalue weighted by Crippen LogP contribution is -2.37. The monoisotopic (exact) mass is 288 g/mol. The van der Waals surface area contributed by atoms with E-state index in [4.69, 9.17) is 5.73 Å². The molecule has 1 aliphatic heterocycles. The molecular formula is C17H24N2O2. The van der Waals surface area contributed by atoms with Crippen LogP contribution < -0.4 is 5.73 Å². The summed E-state index contributed by atoms with van der Waals surface area (Å²) < 4.78 is 0. The zero-order valence-electron chi connectivity index (χ0n) is 12.8. The van der Waals surface area contributed by atoms with Gasteiger partial charge in [0.2, 0.25) is 11.8 Å². The lowest BCUT2D eigenvalue weighted by atomic mass is 9.89. The molecule has 4 nitrogen and oxygen atoms in total. The van der Waals surface area contributed by atoms with Gasteiger partial charge in [-0.2, -0.15) is 0 Å². The average Bonchev–Trinajstić information content (AvgIpc) is 2.86. The molecule has 0 radical (unpaired) electrons. The summed E-state index contributed by atoms with van der Waals surface area (Å²) in [5.74, 6) is -0.712. The van der Waals surface area contributed by atoms with Crippen LogP contribution in [0.2, 0.25) is 0 Å². The Morgan fingerprint density at radius 1 is 1.14 bits per heavy atom. The third-order valence-corrected chi connectivity index (χ3v) is 4.42. The number of hydrogen-bond donors (Lipinski definition) is 1. The summed E-state index contributed by atoms with van der Waals surface area (Å²) in [7, 11) is 0. The maximum atomic E-state index is 12.6. The molecule has 2 rings (SSSR count). The fourth-order valence-electron chi connectivity index (χ4n) is 3.69. The molecule has 0 bridgehead atoms. The minimum absolute atomic E-state index is 0.0837. The van der Waals surface area contributed by atoms with Crippen molar-refractivity contribution in [3.05, 3.63) is 37.0 Å². The van der Waals surface area contributed by atoms with E-state index in [0.717, 1.165) is 5.57 Å². The van der Waals surface area contributed by atoms with E-state index >= 15 is 0 Å². The molecule has 2 aliphatic rings. The normalized spacial score (nSPS) is 31.8. The third-order valence-electron chi connectivity index (χ3n) is 4.42. The first kappa shape index (κ1) is 15.7. The Bertz CT molecular complexity index is 471. The zero-order valence-corrected chi connectivity index (χ0v) is 12.8. The van der Waals surface area contributed by atoms with Crippen LogP contribution in [0.1, 0.15) is 13.8 Å². The Morgan fingerprint density at radius 2 is 1.62 bits per heavy atom. The number of nitrogens with two attached hydrogens (primary N) is 1. The number of fused-ring (bicyclic) bond motifs is 1. The van der Waals surface area contributed by atoms with Gasteiger partial charge in [-0.15, -0.1) is 13.2 Å². The van der Waals surface area contributed by atoms with E-state index in [2.05, 4.69) is 33.1 Å². The predicted molar refractivity (Wildman–Crippen MR) is 83.0 cm³/mol. The highest BCUT2D eigenvalue weighted by Crippen LogP contribution is 2.51. The van der Waals surface area contributed by atoms with Gasteiger partial charge in [0.15, 0.2) is 0 Å². The highest BCUT2D eigenvalue weighted by molar-refractivity contribution is 6.06. The Labute approximate surface area is 126 Å². The minimum atomic E-state index is -0.338. The number of amides is 2. The second-order valence-electron chi connectivity index (χ2n) is 6.10. The van der Waals surface area contributed by atoms with Crippen molar-refractivity contribution in [3.63, 3.8) is 0 Å². The number of imide groups is 1. The van der Waals surface area contributed by atoms with Gasteiger partial charge < -0.3 is 5.73 Å². The molecule has 2 amide bonds. The van der Waals surface area contributed by atoms with Crippen molar-refractivity contribution in [1.29, 1.82) is 0 Å². The van der Waals surface area contributed by atoms with E-state index in [-0.39, 0.29) is 35.5 Å². The van der Waals surface area contributed by atoms with E-state index < -0.39 is 0 Å². The number of rotatable bonds is 5. The predicted octanol–water partition coefficient (Wildman–Crippen LogP) is 1.75. The topological polar surface area (TPSA) is 63.4 Å². The number of carbonyl (C=O) groups is 2. The minimum Gasteiger partial charge on any atom is -0.329 e. The maximum Gasteiger partial charge on any atom is 0.234 e. The van der Waals surface area contributed by atoms with E-state index in [0.29, 0.717) is 19.0 Å². The molecule has 1 aliphatic carbocycles. The lowest BCUT2D eigenvalue weighted by molar-refractivity contribution is -0.140. The van der Waals surface area contributed by atoms with Gasteiger partial charge in [-0.05, 0) is 5.92 Å². The summed E-state index contributed by atoms with van der Waals surface area (Å²) in [6.07, 6.45) is 5.74. The summed E-state index contributed by atoms with van der Waals surface area (Å²) in [5, 5.41) is 0. The molecule has 4 unspecified atom stereocenters. The number of hydrogen-bond acceptors (Lipinski definition) is 3. The number of carbonyl (C=O) groups excluding carboxylic acids is 2. The smallest absolute Gasteiger partial charge is 0.234 e. The quantitative estimate of drug-likeness (QED) is 0.619. The van der Waals surface area contributed by atoms with Crippen LogP contribution in [0.25, 0.3) is 0 Å². The van der Waals surface area contributed by atoms with Crippen LogP contribution in [-0.4, -0.2) is 29.8 Å². The van der Waals surface area contributed by atoms with Crippen molar-refractivity contribution in [2.24, 2.45) is 35.3 Å². The molecule has 2 N–H and O–H groups in total. The Hall–Kier alpha value is -1.68. The number of likely N-dealkylation sites (tertiary alicyclic amines) is 1. The van der Waals surface area contributed by atoms with Crippen molar-refractivity contribution in [2.45, 2.75) is 13.8 Å². The van der Waals surface area contributed by atoms with Gasteiger partial charge in [0.1, 0.15) is 0 Å². The van der Waals surface area contributed by atoms with Crippen molar-refractivity contribution in [2.75, 3.05) is 13.1 Å². The summed E-state index contributed by atoms with van der Waals surface area (Å²) in [5.41, 5.74) is 6.62. The van der Waals surface area contributed by atoms with Crippen molar-refractivity contribution in [1.82, 2.24) is 4.90 Å². The van der Waals surface area contributed by atoms with E-state index in [9.17, 15) is 9.59 Å². The highest BCUT2D eigenvalue weighted by atomic mass is 16.2. The molecule has 0 aromatic rings. The molecule has 4 atom stereocenters.